The molecule has 0 amide bonds. The zero-order valence-electron chi connectivity index (χ0n) is 17.0. The SMILES string of the molecule is CCCCS(=O)(=O)N1CCN(c2nc(-n3cccc3)nc3cc(C)ccc23)CC1. The van der Waals surface area contributed by atoms with Crippen LogP contribution in [0.15, 0.2) is 42.7 Å². The Morgan fingerprint density at radius 1 is 1.03 bits per heavy atom. The summed E-state index contributed by atoms with van der Waals surface area (Å²) in [5, 5.41) is 0.994. The van der Waals surface area contributed by atoms with Gasteiger partial charge in [0.1, 0.15) is 5.82 Å². The monoisotopic (exact) mass is 413 g/mol. The van der Waals surface area contributed by atoms with E-state index < -0.39 is 10.0 Å². The fraction of sp³-hybridized carbons (Fsp3) is 0.429. The first-order chi connectivity index (χ1) is 14.0. The third-order valence-corrected chi connectivity index (χ3v) is 7.30. The van der Waals surface area contributed by atoms with Crippen molar-refractivity contribution in [3.63, 3.8) is 0 Å². The molecule has 7 nitrogen and oxygen atoms in total. The van der Waals surface area contributed by atoms with Gasteiger partial charge in [0.2, 0.25) is 16.0 Å². The molecule has 3 heterocycles. The maximum atomic E-state index is 12.5. The Balaban J connectivity index is 1.64. The molecule has 29 heavy (non-hydrogen) atoms. The number of unbranched alkanes of at least 4 members (excludes halogenated alkanes) is 1. The quantitative estimate of drug-likeness (QED) is 0.621. The Morgan fingerprint density at radius 3 is 2.45 bits per heavy atom. The Morgan fingerprint density at radius 2 is 1.76 bits per heavy atom. The van der Waals surface area contributed by atoms with E-state index in [0.717, 1.165) is 28.7 Å². The minimum atomic E-state index is -3.17. The maximum absolute atomic E-state index is 12.5. The van der Waals surface area contributed by atoms with Crippen LogP contribution < -0.4 is 4.90 Å². The second-order valence-corrected chi connectivity index (χ2v) is 9.60. The predicted molar refractivity (Wildman–Crippen MR) is 116 cm³/mol. The van der Waals surface area contributed by atoms with E-state index in [0.29, 0.717) is 38.5 Å². The van der Waals surface area contributed by atoms with Gasteiger partial charge in [-0.05, 0) is 43.2 Å². The van der Waals surface area contributed by atoms with Crippen LogP contribution in [0.1, 0.15) is 25.3 Å². The standard InChI is InChI=1S/C21H27N5O2S/c1-3-4-15-29(27,28)26-13-11-24(12-14-26)20-18-8-7-17(2)16-19(18)22-21(23-20)25-9-5-6-10-25/h5-10,16H,3-4,11-15H2,1-2H3. The minimum Gasteiger partial charge on any atom is -0.353 e. The van der Waals surface area contributed by atoms with Gasteiger partial charge in [0.25, 0.3) is 0 Å². The van der Waals surface area contributed by atoms with Crippen LogP contribution in [-0.2, 0) is 10.0 Å². The molecule has 1 fully saturated rings. The minimum absolute atomic E-state index is 0.233. The first-order valence-corrected chi connectivity index (χ1v) is 11.7. The van der Waals surface area contributed by atoms with Crippen LogP contribution in [0, 0.1) is 6.92 Å². The van der Waals surface area contributed by atoms with E-state index in [1.54, 1.807) is 4.31 Å². The van der Waals surface area contributed by atoms with Gasteiger partial charge in [0, 0.05) is 44.0 Å². The molecule has 1 saturated heterocycles. The summed E-state index contributed by atoms with van der Waals surface area (Å²) in [6.07, 6.45) is 5.45. The molecular weight excluding hydrogens is 386 g/mol. The van der Waals surface area contributed by atoms with Gasteiger partial charge in [-0.2, -0.15) is 9.29 Å². The number of hydrogen-bond acceptors (Lipinski definition) is 5. The lowest BCUT2D eigenvalue weighted by atomic mass is 10.1. The van der Waals surface area contributed by atoms with Crippen molar-refractivity contribution in [1.29, 1.82) is 0 Å². The van der Waals surface area contributed by atoms with Crippen molar-refractivity contribution >= 4 is 26.7 Å². The number of anilines is 1. The van der Waals surface area contributed by atoms with Gasteiger partial charge in [-0.25, -0.2) is 13.4 Å². The number of aromatic nitrogens is 3. The molecule has 154 valence electrons. The van der Waals surface area contributed by atoms with Crippen molar-refractivity contribution in [2.75, 3.05) is 36.8 Å². The summed E-state index contributed by atoms with van der Waals surface area (Å²) in [4.78, 5) is 11.8. The van der Waals surface area contributed by atoms with Crippen molar-refractivity contribution in [3.05, 3.63) is 48.3 Å². The zero-order chi connectivity index (χ0) is 20.4. The Kier molecular flexibility index (Phi) is 5.56. The second kappa shape index (κ2) is 8.12. The number of nitrogens with zero attached hydrogens (tertiary/aromatic N) is 5. The molecule has 0 atom stereocenters. The summed E-state index contributed by atoms with van der Waals surface area (Å²) in [5.74, 6) is 1.72. The number of aryl methyl sites for hydroxylation is 1. The molecule has 0 aliphatic carbocycles. The first kappa shape index (κ1) is 19.8. The molecule has 3 aromatic rings. The van der Waals surface area contributed by atoms with Gasteiger partial charge in [-0.1, -0.05) is 19.4 Å². The number of sulfonamides is 1. The van der Waals surface area contributed by atoms with Gasteiger partial charge >= 0.3 is 0 Å². The Labute approximate surface area is 172 Å². The first-order valence-electron chi connectivity index (χ1n) is 10.1. The van der Waals surface area contributed by atoms with Crippen molar-refractivity contribution in [1.82, 2.24) is 18.8 Å². The van der Waals surface area contributed by atoms with Gasteiger partial charge in [0.05, 0.1) is 11.3 Å². The van der Waals surface area contributed by atoms with Crippen LogP contribution in [0.2, 0.25) is 0 Å². The lowest BCUT2D eigenvalue weighted by molar-refractivity contribution is 0.383. The van der Waals surface area contributed by atoms with Crippen LogP contribution in [-0.4, -0.2) is 59.2 Å². The van der Waals surface area contributed by atoms with E-state index in [9.17, 15) is 8.42 Å². The molecule has 4 rings (SSSR count). The number of fused-ring (bicyclic) bond motifs is 1. The molecule has 0 radical (unpaired) electrons. The topological polar surface area (TPSA) is 71.3 Å². The molecule has 0 saturated carbocycles. The van der Waals surface area contributed by atoms with Crippen LogP contribution >= 0.6 is 0 Å². The summed E-state index contributed by atoms with van der Waals surface area (Å²) in [6.45, 7) is 6.28. The summed E-state index contributed by atoms with van der Waals surface area (Å²) in [6, 6.07) is 10.1. The van der Waals surface area contributed by atoms with E-state index in [1.807, 2.05) is 36.0 Å². The van der Waals surface area contributed by atoms with Crippen molar-refractivity contribution in [2.24, 2.45) is 0 Å². The fourth-order valence-electron chi connectivity index (χ4n) is 3.67. The van der Waals surface area contributed by atoms with Crippen LogP contribution in [0.3, 0.4) is 0 Å². The lowest BCUT2D eigenvalue weighted by Crippen LogP contribution is -2.49. The summed E-state index contributed by atoms with van der Waals surface area (Å²) in [5.41, 5.74) is 2.05. The van der Waals surface area contributed by atoms with Gasteiger partial charge in [-0.15, -0.1) is 0 Å². The normalized spacial score (nSPS) is 15.9. The highest BCUT2D eigenvalue weighted by molar-refractivity contribution is 7.89. The largest absolute Gasteiger partial charge is 0.353 e. The third kappa shape index (κ3) is 4.13. The predicted octanol–water partition coefficient (Wildman–Crippen LogP) is 2.98. The number of benzene rings is 1. The Hall–Kier alpha value is -2.45. The van der Waals surface area contributed by atoms with Crippen molar-refractivity contribution in [3.8, 4) is 5.95 Å². The van der Waals surface area contributed by atoms with Gasteiger partial charge in [0.15, 0.2) is 0 Å². The molecule has 1 aliphatic heterocycles. The van der Waals surface area contributed by atoms with Crippen LogP contribution in [0.4, 0.5) is 5.82 Å². The zero-order valence-corrected chi connectivity index (χ0v) is 17.8. The average molecular weight is 414 g/mol. The summed E-state index contributed by atoms with van der Waals surface area (Å²) < 4.78 is 28.6. The number of piperazine rings is 1. The summed E-state index contributed by atoms with van der Waals surface area (Å²) >= 11 is 0. The molecule has 0 N–H and O–H groups in total. The van der Waals surface area contributed by atoms with Gasteiger partial charge < -0.3 is 4.90 Å². The fourth-order valence-corrected chi connectivity index (χ4v) is 5.30. The van der Waals surface area contributed by atoms with Crippen molar-refractivity contribution in [2.45, 2.75) is 26.7 Å². The molecular formula is C21H27N5O2S. The van der Waals surface area contributed by atoms with E-state index in [4.69, 9.17) is 9.97 Å². The molecule has 0 spiro atoms. The highest BCUT2D eigenvalue weighted by Gasteiger charge is 2.28. The van der Waals surface area contributed by atoms with Crippen LogP contribution in [0.25, 0.3) is 16.9 Å². The second-order valence-electron chi connectivity index (χ2n) is 7.51. The molecule has 1 aliphatic rings. The number of rotatable bonds is 6. The Bertz CT molecular complexity index is 1090. The third-order valence-electron chi connectivity index (χ3n) is 5.34. The van der Waals surface area contributed by atoms with E-state index in [-0.39, 0.29) is 5.75 Å². The molecule has 1 aromatic carbocycles. The molecule has 8 heteroatoms. The molecule has 0 bridgehead atoms. The van der Waals surface area contributed by atoms with Gasteiger partial charge in [-0.3, -0.25) is 4.57 Å². The smallest absolute Gasteiger partial charge is 0.236 e. The van der Waals surface area contributed by atoms with E-state index >= 15 is 0 Å². The number of hydrogen-bond donors (Lipinski definition) is 0. The molecule has 2 aromatic heterocycles. The highest BCUT2D eigenvalue weighted by Crippen LogP contribution is 2.27. The van der Waals surface area contributed by atoms with E-state index in [1.165, 1.54) is 0 Å². The average Bonchev–Trinajstić information content (AvgIpc) is 3.26. The maximum Gasteiger partial charge on any atom is 0.236 e. The summed E-state index contributed by atoms with van der Waals surface area (Å²) in [7, 11) is -3.17. The lowest BCUT2D eigenvalue weighted by Gasteiger charge is -2.35. The highest BCUT2D eigenvalue weighted by atomic mass is 32.2. The van der Waals surface area contributed by atoms with Crippen molar-refractivity contribution < 1.29 is 8.42 Å². The van der Waals surface area contributed by atoms with Crippen LogP contribution in [0.5, 0.6) is 0 Å². The van der Waals surface area contributed by atoms with E-state index in [2.05, 4.69) is 30.0 Å². The molecule has 0 unspecified atom stereocenters.